The summed E-state index contributed by atoms with van der Waals surface area (Å²) < 4.78 is 26.7. The van der Waals surface area contributed by atoms with Crippen LogP contribution in [0.2, 0.25) is 5.02 Å². The number of rotatable bonds is 3. The third-order valence-electron chi connectivity index (χ3n) is 2.44. The lowest BCUT2D eigenvalue weighted by atomic mass is 10.2. The van der Waals surface area contributed by atoms with Gasteiger partial charge in [0.1, 0.15) is 0 Å². The standard InChI is InChI=1S/C13H9BrClNO3S/c14-10-3-1-2-9(8-10)13(17)16-20(18,19)12-6-4-11(15)5-7-12/h1-8H,(H,16,17). The average molecular weight is 375 g/mol. The molecule has 0 aliphatic carbocycles. The third-order valence-corrected chi connectivity index (χ3v) is 4.53. The Hall–Kier alpha value is -1.37. The molecule has 0 spiro atoms. The van der Waals surface area contributed by atoms with Crippen molar-refractivity contribution in [2.75, 3.05) is 0 Å². The Balaban J connectivity index is 2.24. The van der Waals surface area contributed by atoms with E-state index in [1.54, 1.807) is 12.1 Å². The van der Waals surface area contributed by atoms with Crippen molar-refractivity contribution in [2.45, 2.75) is 4.90 Å². The predicted molar refractivity (Wildman–Crippen MR) is 80.2 cm³/mol. The van der Waals surface area contributed by atoms with Crippen molar-refractivity contribution in [3.63, 3.8) is 0 Å². The number of amides is 1. The summed E-state index contributed by atoms with van der Waals surface area (Å²) in [4.78, 5) is 11.9. The van der Waals surface area contributed by atoms with Gasteiger partial charge in [-0.2, -0.15) is 0 Å². The molecule has 7 heteroatoms. The predicted octanol–water partition coefficient (Wildman–Crippen LogP) is 3.22. The van der Waals surface area contributed by atoms with Crippen LogP contribution < -0.4 is 4.72 Å². The summed E-state index contributed by atoms with van der Waals surface area (Å²) in [6, 6.07) is 12.0. The molecule has 0 fully saturated rings. The van der Waals surface area contributed by atoms with E-state index in [4.69, 9.17) is 11.6 Å². The molecule has 0 heterocycles. The van der Waals surface area contributed by atoms with E-state index in [0.717, 1.165) is 0 Å². The lowest BCUT2D eigenvalue weighted by Crippen LogP contribution is -2.30. The first-order valence-corrected chi connectivity index (χ1v) is 8.12. The summed E-state index contributed by atoms with van der Waals surface area (Å²) in [5.41, 5.74) is 0.247. The van der Waals surface area contributed by atoms with Crippen molar-refractivity contribution in [3.05, 3.63) is 63.6 Å². The molecule has 0 radical (unpaired) electrons. The fraction of sp³-hybridized carbons (Fsp3) is 0. The van der Waals surface area contributed by atoms with Gasteiger partial charge in [0, 0.05) is 15.1 Å². The minimum Gasteiger partial charge on any atom is -0.268 e. The number of hydrogen-bond acceptors (Lipinski definition) is 3. The summed E-state index contributed by atoms with van der Waals surface area (Å²) in [7, 11) is -3.91. The van der Waals surface area contributed by atoms with Crippen LogP contribution in [0, 0.1) is 0 Å². The molecular weight excluding hydrogens is 366 g/mol. The Morgan fingerprint density at radius 1 is 1.10 bits per heavy atom. The van der Waals surface area contributed by atoms with E-state index in [-0.39, 0.29) is 10.5 Å². The van der Waals surface area contributed by atoms with Crippen LogP contribution in [-0.4, -0.2) is 14.3 Å². The van der Waals surface area contributed by atoms with Crippen LogP contribution in [-0.2, 0) is 10.0 Å². The van der Waals surface area contributed by atoms with Gasteiger partial charge in [-0.25, -0.2) is 13.1 Å². The van der Waals surface area contributed by atoms with Gasteiger partial charge in [0.25, 0.3) is 15.9 Å². The molecule has 0 aromatic heterocycles. The summed E-state index contributed by atoms with van der Waals surface area (Å²) in [6.45, 7) is 0. The Morgan fingerprint density at radius 2 is 1.75 bits per heavy atom. The number of halogens is 2. The minimum atomic E-state index is -3.91. The Kier molecular flexibility index (Phi) is 4.47. The van der Waals surface area contributed by atoms with Crippen LogP contribution in [0.3, 0.4) is 0 Å². The van der Waals surface area contributed by atoms with Crippen LogP contribution in [0.5, 0.6) is 0 Å². The van der Waals surface area contributed by atoms with Crippen molar-refractivity contribution in [2.24, 2.45) is 0 Å². The lowest BCUT2D eigenvalue weighted by Gasteiger charge is -2.07. The van der Waals surface area contributed by atoms with E-state index in [9.17, 15) is 13.2 Å². The van der Waals surface area contributed by atoms with Gasteiger partial charge in [-0.3, -0.25) is 4.79 Å². The van der Waals surface area contributed by atoms with E-state index < -0.39 is 15.9 Å². The summed E-state index contributed by atoms with van der Waals surface area (Å²) in [5, 5.41) is 0.419. The molecule has 2 aromatic carbocycles. The van der Waals surface area contributed by atoms with Gasteiger partial charge in [-0.15, -0.1) is 0 Å². The van der Waals surface area contributed by atoms with Crippen LogP contribution in [0.4, 0.5) is 0 Å². The average Bonchev–Trinajstić information content (AvgIpc) is 2.38. The molecule has 0 saturated carbocycles. The lowest BCUT2D eigenvalue weighted by molar-refractivity contribution is 0.0981. The molecule has 104 valence electrons. The Labute approximate surface area is 129 Å². The van der Waals surface area contributed by atoms with E-state index in [0.29, 0.717) is 9.50 Å². The Bertz CT molecular complexity index is 744. The summed E-state index contributed by atoms with van der Waals surface area (Å²) >= 11 is 8.91. The second-order valence-electron chi connectivity index (χ2n) is 3.90. The van der Waals surface area contributed by atoms with Gasteiger partial charge >= 0.3 is 0 Å². The fourth-order valence-corrected chi connectivity index (χ4v) is 2.98. The monoisotopic (exact) mass is 373 g/mol. The molecule has 0 unspecified atom stereocenters. The maximum atomic E-state index is 12.0. The second kappa shape index (κ2) is 5.95. The van der Waals surface area contributed by atoms with E-state index in [2.05, 4.69) is 15.9 Å². The van der Waals surface area contributed by atoms with Gasteiger partial charge in [0.15, 0.2) is 0 Å². The van der Waals surface area contributed by atoms with Crippen LogP contribution in [0.15, 0.2) is 57.9 Å². The SMILES string of the molecule is O=C(NS(=O)(=O)c1ccc(Cl)cc1)c1cccc(Br)c1. The highest BCUT2D eigenvalue weighted by atomic mass is 79.9. The summed E-state index contributed by atoms with van der Waals surface area (Å²) in [5.74, 6) is -0.693. The Morgan fingerprint density at radius 3 is 2.35 bits per heavy atom. The number of sulfonamides is 1. The van der Waals surface area contributed by atoms with Crippen molar-refractivity contribution in [1.29, 1.82) is 0 Å². The molecule has 0 aliphatic heterocycles. The maximum Gasteiger partial charge on any atom is 0.265 e. The minimum absolute atomic E-state index is 0.0229. The molecule has 2 rings (SSSR count). The highest BCUT2D eigenvalue weighted by Crippen LogP contribution is 2.15. The van der Waals surface area contributed by atoms with Gasteiger partial charge in [-0.1, -0.05) is 33.6 Å². The topological polar surface area (TPSA) is 63.2 Å². The first kappa shape index (κ1) is 15.0. The summed E-state index contributed by atoms with van der Waals surface area (Å²) in [6.07, 6.45) is 0. The van der Waals surface area contributed by atoms with E-state index in [1.165, 1.54) is 36.4 Å². The molecule has 20 heavy (non-hydrogen) atoms. The van der Waals surface area contributed by atoms with E-state index >= 15 is 0 Å². The van der Waals surface area contributed by atoms with Gasteiger partial charge in [0.05, 0.1) is 4.90 Å². The smallest absolute Gasteiger partial charge is 0.265 e. The molecule has 1 N–H and O–H groups in total. The normalized spacial score (nSPS) is 11.1. The van der Waals surface area contributed by atoms with Crippen molar-refractivity contribution in [3.8, 4) is 0 Å². The van der Waals surface area contributed by atoms with Gasteiger partial charge < -0.3 is 0 Å². The third kappa shape index (κ3) is 3.59. The van der Waals surface area contributed by atoms with Gasteiger partial charge in [-0.05, 0) is 42.5 Å². The molecule has 0 aliphatic rings. The van der Waals surface area contributed by atoms with Crippen molar-refractivity contribution in [1.82, 2.24) is 4.72 Å². The van der Waals surface area contributed by atoms with Crippen molar-refractivity contribution < 1.29 is 13.2 Å². The zero-order valence-electron chi connectivity index (χ0n) is 10.0. The molecule has 1 amide bonds. The second-order valence-corrected chi connectivity index (χ2v) is 6.93. The molecule has 2 aromatic rings. The molecule has 4 nitrogen and oxygen atoms in total. The maximum absolute atomic E-state index is 12.0. The molecule has 0 saturated heterocycles. The highest BCUT2D eigenvalue weighted by molar-refractivity contribution is 9.10. The van der Waals surface area contributed by atoms with E-state index in [1.807, 2.05) is 4.72 Å². The zero-order valence-corrected chi connectivity index (χ0v) is 13.2. The van der Waals surface area contributed by atoms with Crippen LogP contribution >= 0.6 is 27.5 Å². The van der Waals surface area contributed by atoms with Gasteiger partial charge in [0.2, 0.25) is 0 Å². The highest BCUT2D eigenvalue weighted by Gasteiger charge is 2.18. The number of benzene rings is 2. The number of carbonyl (C=O) groups is 1. The van der Waals surface area contributed by atoms with Crippen LogP contribution in [0.25, 0.3) is 0 Å². The number of hydrogen-bond donors (Lipinski definition) is 1. The van der Waals surface area contributed by atoms with Crippen molar-refractivity contribution >= 4 is 43.5 Å². The number of nitrogens with one attached hydrogen (secondary N) is 1. The zero-order chi connectivity index (χ0) is 14.8. The fourth-order valence-electron chi connectivity index (χ4n) is 1.48. The largest absolute Gasteiger partial charge is 0.268 e. The molecule has 0 bridgehead atoms. The molecule has 0 atom stereocenters. The molecular formula is C13H9BrClNO3S. The quantitative estimate of drug-likeness (QED) is 0.897. The van der Waals surface area contributed by atoms with Crippen LogP contribution in [0.1, 0.15) is 10.4 Å². The first-order valence-electron chi connectivity index (χ1n) is 5.47. The first-order chi connectivity index (χ1) is 9.38. The number of carbonyl (C=O) groups excluding carboxylic acids is 1.